The van der Waals surface area contributed by atoms with E-state index in [1.807, 2.05) is 25.2 Å². The van der Waals surface area contributed by atoms with Gasteiger partial charge in [-0.1, -0.05) is 0 Å². The fourth-order valence-corrected chi connectivity index (χ4v) is 3.50. The number of hydrogen-bond acceptors (Lipinski definition) is 4. The minimum absolute atomic E-state index is 0.234. The molecule has 1 atom stereocenters. The summed E-state index contributed by atoms with van der Waals surface area (Å²) >= 11 is 0. The van der Waals surface area contributed by atoms with Crippen molar-refractivity contribution in [2.45, 2.75) is 51.2 Å². The maximum atomic E-state index is 11.9. The molecule has 5 heteroatoms. The summed E-state index contributed by atoms with van der Waals surface area (Å²) in [6.07, 6.45) is 6.68. The van der Waals surface area contributed by atoms with Crippen LogP contribution < -0.4 is 4.90 Å². The molecule has 3 rings (SSSR count). The van der Waals surface area contributed by atoms with Crippen LogP contribution in [0.15, 0.2) is 18.3 Å². The summed E-state index contributed by atoms with van der Waals surface area (Å²) in [4.78, 5) is 23.0. The van der Waals surface area contributed by atoms with Gasteiger partial charge in [-0.25, -0.2) is 4.98 Å². The van der Waals surface area contributed by atoms with E-state index in [2.05, 4.69) is 26.9 Å². The molecule has 2 aliphatic rings. The van der Waals surface area contributed by atoms with Gasteiger partial charge in [-0.2, -0.15) is 0 Å². The highest BCUT2D eigenvalue weighted by atomic mass is 16.2. The Morgan fingerprint density at radius 1 is 1.35 bits per heavy atom. The maximum Gasteiger partial charge on any atom is 0.219 e. The lowest BCUT2D eigenvalue weighted by Gasteiger charge is -2.30. The van der Waals surface area contributed by atoms with Crippen molar-refractivity contribution < 1.29 is 4.79 Å². The van der Waals surface area contributed by atoms with Crippen LogP contribution in [0.5, 0.6) is 0 Å². The lowest BCUT2D eigenvalue weighted by atomic mass is 10.1. The van der Waals surface area contributed by atoms with E-state index in [4.69, 9.17) is 0 Å². The Morgan fingerprint density at radius 3 is 2.78 bits per heavy atom. The smallest absolute Gasteiger partial charge is 0.219 e. The zero-order valence-electron chi connectivity index (χ0n) is 14.5. The molecule has 5 nitrogen and oxygen atoms in total. The molecule has 0 radical (unpaired) electrons. The molecule has 1 aromatic heterocycles. The van der Waals surface area contributed by atoms with E-state index < -0.39 is 0 Å². The number of anilines is 1. The van der Waals surface area contributed by atoms with Crippen LogP contribution in [0.4, 0.5) is 5.82 Å². The van der Waals surface area contributed by atoms with E-state index >= 15 is 0 Å². The minimum atomic E-state index is 0.234. The molecule has 0 bridgehead atoms. The van der Waals surface area contributed by atoms with Gasteiger partial charge >= 0.3 is 0 Å². The number of carbonyl (C=O) groups excluding carboxylic acids is 1. The van der Waals surface area contributed by atoms with Gasteiger partial charge in [0, 0.05) is 52.4 Å². The standard InChI is InChI=1S/C18H28N4O/c1-14(23)22(16-6-7-16)13-17-5-4-10-21(17)12-15-8-9-19-18(11-15)20(2)3/h8-9,11,16-17H,4-7,10,12-13H2,1-3H3/t17-/m1/s1. The lowest BCUT2D eigenvalue weighted by Crippen LogP contribution is -2.43. The van der Waals surface area contributed by atoms with Gasteiger partial charge in [0.05, 0.1) is 0 Å². The first-order valence-electron chi connectivity index (χ1n) is 8.68. The Labute approximate surface area is 139 Å². The molecule has 126 valence electrons. The van der Waals surface area contributed by atoms with Crippen LogP contribution >= 0.6 is 0 Å². The number of likely N-dealkylation sites (tertiary alicyclic amines) is 1. The summed E-state index contributed by atoms with van der Waals surface area (Å²) in [6, 6.07) is 5.28. The molecule has 0 unspecified atom stereocenters. The summed E-state index contributed by atoms with van der Waals surface area (Å²) in [7, 11) is 4.04. The Hall–Kier alpha value is -1.62. The zero-order chi connectivity index (χ0) is 16.4. The summed E-state index contributed by atoms with van der Waals surface area (Å²) in [6.45, 7) is 4.68. The monoisotopic (exact) mass is 316 g/mol. The van der Waals surface area contributed by atoms with Gasteiger partial charge in [-0.3, -0.25) is 9.69 Å². The topological polar surface area (TPSA) is 39.7 Å². The van der Waals surface area contributed by atoms with E-state index in [9.17, 15) is 4.79 Å². The quantitative estimate of drug-likeness (QED) is 0.806. The van der Waals surface area contributed by atoms with Crippen LogP contribution in [0.2, 0.25) is 0 Å². The fourth-order valence-electron chi connectivity index (χ4n) is 3.50. The van der Waals surface area contributed by atoms with Crippen molar-refractivity contribution >= 4 is 11.7 Å². The largest absolute Gasteiger partial charge is 0.363 e. The molecule has 0 spiro atoms. The van der Waals surface area contributed by atoms with E-state index in [-0.39, 0.29) is 5.91 Å². The predicted octanol–water partition coefficient (Wildman–Crippen LogP) is 2.12. The Balaban J connectivity index is 1.64. The molecule has 0 N–H and O–H groups in total. The molecule has 1 saturated heterocycles. The van der Waals surface area contributed by atoms with Crippen LogP contribution in [0.3, 0.4) is 0 Å². The van der Waals surface area contributed by atoms with Crippen LogP contribution in [0, 0.1) is 0 Å². The average Bonchev–Trinajstić information content (AvgIpc) is 3.26. The average molecular weight is 316 g/mol. The molecule has 1 saturated carbocycles. The van der Waals surface area contributed by atoms with Gasteiger partial charge in [0.1, 0.15) is 5.82 Å². The predicted molar refractivity (Wildman–Crippen MR) is 92.4 cm³/mol. The summed E-state index contributed by atoms with van der Waals surface area (Å²) in [5.41, 5.74) is 1.30. The highest BCUT2D eigenvalue weighted by Gasteiger charge is 2.35. The first-order valence-corrected chi connectivity index (χ1v) is 8.68. The van der Waals surface area contributed by atoms with Crippen molar-refractivity contribution in [2.75, 3.05) is 32.1 Å². The highest BCUT2D eigenvalue weighted by Crippen LogP contribution is 2.29. The molecule has 2 fully saturated rings. The zero-order valence-corrected chi connectivity index (χ0v) is 14.5. The van der Waals surface area contributed by atoms with E-state index in [0.717, 1.165) is 25.5 Å². The minimum Gasteiger partial charge on any atom is -0.363 e. The Morgan fingerprint density at radius 2 is 2.13 bits per heavy atom. The second-order valence-corrected chi connectivity index (χ2v) is 7.09. The van der Waals surface area contributed by atoms with Gasteiger partial charge in [0.15, 0.2) is 0 Å². The first kappa shape index (κ1) is 16.2. The van der Waals surface area contributed by atoms with Crippen LogP contribution in [0.1, 0.15) is 38.2 Å². The van der Waals surface area contributed by atoms with Crippen molar-refractivity contribution in [1.29, 1.82) is 0 Å². The Kier molecular flexibility index (Phi) is 4.85. The van der Waals surface area contributed by atoms with Crippen LogP contribution in [-0.2, 0) is 11.3 Å². The second-order valence-electron chi connectivity index (χ2n) is 7.09. The lowest BCUT2D eigenvalue weighted by molar-refractivity contribution is -0.130. The SMILES string of the molecule is CC(=O)N(C[C@H]1CCCN1Cc1ccnc(N(C)C)c1)C1CC1. The number of carbonyl (C=O) groups is 1. The van der Waals surface area contributed by atoms with E-state index in [1.54, 1.807) is 6.92 Å². The summed E-state index contributed by atoms with van der Waals surface area (Å²) < 4.78 is 0. The molecule has 1 aliphatic heterocycles. The van der Waals surface area contributed by atoms with Gasteiger partial charge < -0.3 is 9.80 Å². The highest BCUT2D eigenvalue weighted by molar-refractivity contribution is 5.74. The third-order valence-electron chi connectivity index (χ3n) is 4.95. The van der Waals surface area contributed by atoms with Crippen molar-refractivity contribution in [2.24, 2.45) is 0 Å². The number of aromatic nitrogens is 1. The number of rotatable bonds is 6. The Bertz CT molecular complexity index is 556. The summed E-state index contributed by atoms with van der Waals surface area (Å²) in [5.74, 6) is 1.24. The van der Waals surface area contributed by atoms with Crippen LogP contribution in [0.25, 0.3) is 0 Å². The van der Waals surface area contributed by atoms with Gasteiger partial charge in [0.2, 0.25) is 5.91 Å². The van der Waals surface area contributed by atoms with Crippen molar-refractivity contribution in [3.8, 4) is 0 Å². The number of amides is 1. The normalized spacial score (nSPS) is 21.4. The number of hydrogen-bond donors (Lipinski definition) is 0. The fraction of sp³-hybridized carbons (Fsp3) is 0.667. The molecule has 0 aromatic carbocycles. The molecule has 2 heterocycles. The molecule has 1 aliphatic carbocycles. The summed E-state index contributed by atoms with van der Waals surface area (Å²) in [5, 5.41) is 0. The first-order chi connectivity index (χ1) is 11.0. The maximum absolute atomic E-state index is 11.9. The third-order valence-corrected chi connectivity index (χ3v) is 4.95. The van der Waals surface area contributed by atoms with E-state index in [0.29, 0.717) is 12.1 Å². The molecule has 1 amide bonds. The van der Waals surface area contributed by atoms with Gasteiger partial charge in [0.25, 0.3) is 0 Å². The molecule has 23 heavy (non-hydrogen) atoms. The van der Waals surface area contributed by atoms with Crippen LogP contribution in [-0.4, -0.2) is 60.0 Å². The van der Waals surface area contributed by atoms with Crippen molar-refractivity contribution in [1.82, 2.24) is 14.8 Å². The molecular weight excluding hydrogens is 288 g/mol. The van der Waals surface area contributed by atoms with Crippen molar-refractivity contribution in [3.05, 3.63) is 23.9 Å². The van der Waals surface area contributed by atoms with Gasteiger partial charge in [-0.05, 0) is 49.9 Å². The number of nitrogens with zero attached hydrogens (tertiary/aromatic N) is 4. The molecular formula is C18H28N4O. The molecule has 1 aromatic rings. The van der Waals surface area contributed by atoms with Crippen molar-refractivity contribution in [3.63, 3.8) is 0 Å². The van der Waals surface area contributed by atoms with Gasteiger partial charge in [-0.15, -0.1) is 0 Å². The second kappa shape index (κ2) is 6.87. The van der Waals surface area contributed by atoms with E-state index in [1.165, 1.54) is 31.2 Å². The number of pyridine rings is 1. The third kappa shape index (κ3) is 4.02.